The molecule has 16 heavy (non-hydrogen) atoms. The minimum atomic E-state index is 0.658. The smallest absolute Gasteiger partial charge is 0.161 e. The van der Waals surface area contributed by atoms with Crippen LogP contribution in [0.2, 0.25) is 0 Å². The van der Waals surface area contributed by atoms with Gasteiger partial charge in [0, 0.05) is 6.42 Å². The highest BCUT2D eigenvalue weighted by atomic mass is 16.6. The van der Waals surface area contributed by atoms with Crippen molar-refractivity contribution in [3.8, 4) is 11.5 Å². The molecule has 0 unspecified atom stereocenters. The van der Waals surface area contributed by atoms with Crippen LogP contribution in [0.4, 0.5) is 0 Å². The molecule has 1 aromatic rings. The summed E-state index contributed by atoms with van der Waals surface area (Å²) in [6, 6.07) is 6.24. The molecule has 0 aromatic heterocycles. The van der Waals surface area contributed by atoms with Gasteiger partial charge in [0.25, 0.3) is 0 Å². The third kappa shape index (κ3) is 2.89. The van der Waals surface area contributed by atoms with E-state index < -0.39 is 0 Å². The molecule has 0 saturated heterocycles. The summed E-state index contributed by atoms with van der Waals surface area (Å²) in [5.74, 6) is 1.77. The zero-order chi connectivity index (χ0) is 11.6. The third-order valence-corrected chi connectivity index (χ3v) is 2.68. The van der Waals surface area contributed by atoms with Gasteiger partial charge in [0.2, 0.25) is 0 Å². The van der Waals surface area contributed by atoms with Crippen molar-refractivity contribution in [2.75, 3.05) is 40.9 Å². The minimum Gasteiger partial charge on any atom is -0.486 e. The van der Waals surface area contributed by atoms with E-state index in [9.17, 15) is 0 Å². The highest BCUT2D eigenvalue weighted by Crippen LogP contribution is 2.30. The average Bonchev–Trinajstić information content (AvgIpc) is 2.25. The number of quaternary nitrogens is 1. The summed E-state index contributed by atoms with van der Waals surface area (Å²) in [6.07, 6.45) is 1.07. The van der Waals surface area contributed by atoms with Crippen molar-refractivity contribution < 1.29 is 14.0 Å². The summed E-state index contributed by atoms with van der Waals surface area (Å²) in [4.78, 5) is 0. The lowest BCUT2D eigenvalue weighted by Crippen LogP contribution is -2.36. The molecule has 88 valence electrons. The predicted molar refractivity (Wildman–Crippen MR) is 64.0 cm³/mol. The van der Waals surface area contributed by atoms with E-state index in [1.807, 2.05) is 6.07 Å². The number of ether oxygens (including phenoxy) is 2. The Morgan fingerprint density at radius 3 is 2.44 bits per heavy atom. The highest BCUT2D eigenvalue weighted by molar-refractivity contribution is 5.43. The lowest BCUT2D eigenvalue weighted by atomic mass is 10.1. The molecule has 3 heteroatoms. The van der Waals surface area contributed by atoms with Crippen LogP contribution in [0.1, 0.15) is 5.56 Å². The van der Waals surface area contributed by atoms with Crippen LogP contribution >= 0.6 is 0 Å². The largest absolute Gasteiger partial charge is 0.486 e. The van der Waals surface area contributed by atoms with Crippen molar-refractivity contribution in [1.82, 2.24) is 0 Å². The average molecular weight is 222 g/mol. The zero-order valence-corrected chi connectivity index (χ0v) is 10.3. The first-order chi connectivity index (χ1) is 7.54. The molecule has 1 aliphatic rings. The Labute approximate surface area is 97.2 Å². The normalized spacial score (nSPS) is 14.9. The molecule has 0 atom stereocenters. The molecule has 0 N–H and O–H groups in total. The summed E-state index contributed by atoms with van der Waals surface area (Å²) in [5, 5.41) is 0. The molecule has 0 spiro atoms. The van der Waals surface area contributed by atoms with Gasteiger partial charge < -0.3 is 14.0 Å². The van der Waals surface area contributed by atoms with Crippen LogP contribution in [0.3, 0.4) is 0 Å². The van der Waals surface area contributed by atoms with Crippen molar-refractivity contribution in [3.63, 3.8) is 0 Å². The summed E-state index contributed by atoms with van der Waals surface area (Å²) < 4.78 is 12.0. The van der Waals surface area contributed by atoms with E-state index in [2.05, 4.69) is 33.3 Å². The van der Waals surface area contributed by atoms with Crippen molar-refractivity contribution in [1.29, 1.82) is 0 Å². The van der Waals surface area contributed by atoms with Crippen LogP contribution in [0.5, 0.6) is 11.5 Å². The van der Waals surface area contributed by atoms with Gasteiger partial charge in [-0.2, -0.15) is 0 Å². The number of rotatable bonds is 3. The molecule has 0 aliphatic carbocycles. The highest BCUT2D eigenvalue weighted by Gasteiger charge is 2.13. The van der Waals surface area contributed by atoms with Crippen LogP contribution in [-0.4, -0.2) is 45.4 Å². The Morgan fingerprint density at radius 1 is 1.06 bits per heavy atom. The standard InChI is InChI=1S/C13H20NO2/c1-14(2,3)7-6-11-4-5-12-13(10-11)16-9-8-15-12/h4-5,10H,6-9H2,1-3H3/q+1. The van der Waals surface area contributed by atoms with Gasteiger partial charge >= 0.3 is 0 Å². The Hall–Kier alpha value is -1.22. The molecule has 0 radical (unpaired) electrons. The third-order valence-electron chi connectivity index (χ3n) is 2.68. The zero-order valence-electron chi connectivity index (χ0n) is 10.3. The molecular weight excluding hydrogens is 202 g/mol. The Bertz CT molecular complexity index is 369. The fraction of sp³-hybridized carbons (Fsp3) is 0.538. The summed E-state index contributed by atoms with van der Waals surface area (Å²) in [7, 11) is 6.62. The summed E-state index contributed by atoms with van der Waals surface area (Å²) >= 11 is 0. The molecule has 1 aliphatic heterocycles. The number of likely N-dealkylation sites (N-methyl/N-ethyl adjacent to an activating group) is 1. The molecule has 0 amide bonds. The fourth-order valence-corrected chi connectivity index (χ4v) is 1.71. The predicted octanol–water partition coefficient (Wildman–Crippen LogP) is 1.71. The monoisotopic (exact) mass is 222 g/mol. The van der Waals surface area contributed by atoms with E-state index in [-0.39, 0.29) is 0 Å². The first kappa shape index (κ1) is 11.3. The number of hydrogen-bond donors (Lipinski definition) is 0. The van der Waals surface area contributed by atoms with Crippen LogP contribution in [0, 0.1) is 0 Å². The van der Waals surface area contributed by atoms with Gasteiger partial charge in [-0.05, 0) is 17.7 Å². The maximum Gasteiger partial charge on any atom is 0.161 e. The van der Waals surface area contributed by atoms with Gasteiger partial charge in [-0.3, -0.25) is 0 Å². The summed E-state index contributed by atoms with van der Waals surface area (Å²) in [6.45, 7) is 2.44. The Balaban J connectivity index is 2.06. The molecule has 0 saturated carbocycles. The molecule has 2 rings (SSSR count). The number of hydrogen-bond acceptors (Lipinski definition) is 2. The van der Waals surface area contributed by atoms with Crippen LogP contribution < -0.4 is 9.47 Å². The second-order valence-corrected chi connectivity index (χ2v) is 5.24. The molecule has 3 nitrogen and oxygen atoms in total. The van der Waals surface area contributed by atoms with Crippen molar-refractivity contribution in [2.24, 2.45) is 0 Å². The Morgan fingerprint density at radius 2 is 1.75 bits per heavy atom. The van der Waals surface area contributed by atoms with Gasteiger partial charge in [0.1, 0.15) is 13.2 Å². The molecule has 1 heterocycles. The van der Waals surface area contributed by atoms with Gasteiger partial charge in [-0.15, -0.1) is 0 Å². The van der Waals surface area contributed by atoms with E-state index in [4.69, 9.17) is 9.47 Å². The SMILES string of the molecule is C[N+](C)(C)CCc1ccc2c(c1)OCCO2. The summed E-state index contributed by atoms with van der Waals surface area (Å²) in [5.41, 5.74) is 1.32. The van der Waals surface area contributed by atoms with Crippen LogP contribution in [0.15, 0.2) is 18.2 Å². The minimum absolute atomic E-state index is 0.658. The van der Waals surface area contributed by atoms with Gasteiger partial charge in [0.15, 0.2) is 11.5 Å². The van der Waals surface area contributed by atoms with Crippen LogP contribution in [-0.2, 0) is 6.42 Å². The van der Waals surface area contributed by atoms with E-state index in [0.717, 1.165) is 28.9 Å². The quantitative estimate of drug-likeness (QED) is 0.725. The maximum absolute atomic E-state index is 5.57. The second-order valence-electron chi connectivity index (χ2n) is 5.24. The van der Waals surface area contributed by atoms with E-state index in [0.29, 0.717) is 13.2 Å². The topological polar surface area (TPSA) is 18.5 Å². The second kappa shape index (κ2) is 4.34. The van der Waals surface area contributed by atoms with Gasteiger partial charge in [-0.25, -0.2) is 0 Å². The lowest BCUT2D eigenvalue weighted by molar-refractivity contribution is -0.870. The van der Waals surface area contributed by atoms with Gasteiger partial charge in [0.05, 0.1) is 27.7 Å². The molecular formula is C13H20NO2+. The maximum atomic E-state index is 5.57. The number of nitrogens with zero attached hydrogens (tertiary/aromatic N) is 1. The van der Waals surface area contributed by atoms with Crippen molar-refractivity contribution in [3.05, 3.63) is 23.8 Å². The first-order valence-corrected chi connectivity index (χ1v) is 5.74. The lowest BCUT2D eigenvalue weighted by Gasteiger charge is -2.24. The number of fused-ring (bicyclic) bond motifs is 1. The number of benzene rings is 1. The molecule has 0 bridgehead atoms. The van der Waals surface area contributed by atoms with E-state index >= 15 is 0 Å². The molecule has 0 fully saturated rings. The Kier molecular flexibility index (Phi) is 3.06. The van der Waals surface area contributed by atoms with Gasteiger partial charge in [-0.1, -0.05) is 6.07 Å². The van der Waals surface area contributed by atoms with Crippen LogP contribution in [0.25, 0.3) is 0 Å². The van der Waals surface area contributed by atoms with E-state index in [1.165, 1.54) is 5.56 Å². The first-order valence-electron chi connectivity index (χ1n) is 5.74. The van der Waals surface area contributed by atoms with Crippen molar-refractivity contribution in [2.45, 2.75) is 6.42 Å². The fourth-order valence-electron chi connectivity index (χ4n) is 1.71. The van der Waals surface area contributed by atoms with E-state index in [1.54, 1.807) is 0 Å². The van der Waals surface area contributed by atoms with Crippen molar-refractivity contribution >= 4 is 0 Å². The molecule has 1 aromatic carbocycles.